The lowest BCUT2D eigenvalue weighted by Gasteiger charge is -2.25. The lowest BCUT2D eigenvalue weighted by atomic mass is 10.1. The predicted octanol–water partition coefficient (Wildman–Crippen LogP) is 1.87. The van der Waals surface area contributed by atoms with E-state index in [9.17, 15) is 0 Å². The van der Waals surface area contributed by atoms with E-state index in [4.69, 9.17) is 16.7 Å². The van der Waals surface area contributed by atoms with Crippen LogP contribution in [0.4, 0.5) is 5.82 Å². The number of halogens is 1. The summed E-state index contributed by atoms with van der Waals surface area (Å²) in [6, 6.07) is 0.446. The highest BCUT2D eigenvalue weighted by Gasteiger charge is 2.26. The smallest absolute Gasteiger partial charge is 0.171 e. The van der Waals surface area contributed by atoms with Crippen LogP contribution in [0.1, 0.15) is 25.7 Å². The van der Waals surface area contributed by atoms with Crippen molar-refractivity contribution in [1.82, 2.24) is 9.97 Å². The van der Waals surface area contributed by atoms with Crippen molar-refractivity contribution in [2.75, 3.05) is 18.1 Å². The standard InChI is InChI=1S/C11H16ClN3O/c12-10-11(14-6-5-13-10)15-7-1-3-9(15)4-2-8-16/h5-6,9,16H,1-4,7-8H2. The van der Waals surface area contributed by atoms with Crippen LogP contribution in [0.5, 0.6) is 0 Å². The summed E-state index contributed by atoms with van der Waals surface area (Å²) in [5, 5.41) is 9.34. The van der Waals surface area contributed by atoms with Crippen LogP contribution in [0.3, 0.4) is 0 Å². The van der Waals surface area contributed by atoms with Gasteiger partial charge >= 0.3 is 0 Å². The molecule has 0 saturated carbocycles. The van der Waals surface area contributed by atoms with Crippen LogP contribution in [0, 0.1) is 0 Å². The van der Waals surface area contributed by atoms with Gasteiger partial charge in [-0.1, -0.05) is 11.6 Å². The Hall–Kier alpha value is -0.870. The normalized spacial score (nSPS) is 20.4. The van der Waals surface area contributed by atoms with E-state index in [1.807, 2.05) is 0 Å². The van der Waals surface area contributed by atoms with E-state index in [-0.39, 0.29) is 6.61 Å². The highest BCUT2D eigenvalue weighted by Crippen LogP contribution is 2.30. The van der Waals surface area contributed by atoms with Gasteiger partial charge in [-0.3, -0.25) is 0 Å². The number of nitrogens with zero attached hydrogens (tertiary/aromatic N) is 3. The minimum Gasteiger partial charge on any atom is -0.396 e. The van der Waals surface area contributed by atoms with Gasteiger partial charge in [0.2, 0.25) is 0 Å². The molecule has 4 nitrogen and oxygen atoms in total. The number of aliphatic hydroxyl groups is 1. The lowest BCUT2D eigenvalue weighted by Crippen LogP contribution is -2.30. The van der Waals surface area contributed by atoms with Crippen molar-refractivity contribution in [2.45, 2.75) is 31.7 Å². The Morgan fingerprint density at radius 2 is 2.25 bits per heavy atom. The van der Waals surface area contributed by atoms with Crippen LogP contribution in [0.2, 0.25) is 5.15 Å². The first-order valence-corrected chi connectivity index (χ1v) is 6.04. The maximum absolute atomic E-state index is 8.87. The van der Waals surface area contributed by atoms with Gasteiger partial charge in [-0.2, -0.15) is 0 Å². The Morgan fingerprint density at radius 3 is 3.00 bits per heavy atom. The molecule has 2 heterocycles. The molecule has 1 aromatic heterocycles. The summed E-state index contributed by atoms with van der Waals surface area (Å²) in [6.07, 6.45) is 7.39. The zero-order valence-electron chi connectivity index (χ0n) is 9.14. The van der Waals surface area contributed by atoms with Crippen molar-refractivity contribution in [2.24, 2.45) is 0 Å². The fraction of sp³-hybridized carbons (Fsp3) is 0.636. The van der Waals surface area contributed by atoms with Crippen LogP contribution in [0.25, 0.3) is 0 Å². The Kier molecular flexibility index (Phi) is 3.96. The van der Waals surface area contributed by atoms with E-state index in [1.165, 1.54) is 0 Å². The molecule has 0 aromatic carbocycles. The molecule has 16 heavy (non-hydrogen) atoms. The molecule has 1 aliphatic heterocycles. The summed E-state index contributed by atoms with van der Waals surface area (Å²) in [6.45, 7) is 1.23. The van der Waals surface area contributed by atoms with Crippen LogP contribution in [-0.2, 0) is 0 Å². The quantitative estimate of drug-likeness (QED) is 0.875. The summed E-state index contributed by atoms with van der Waals surface area (Å²) in [4.78, 5) is 10.6. The van der Waals surface area contributed by atoms with Crippen LogP contribution in [-0.4, -0.2) is 34.3 Å². The molecule has 1 saturated heterocycles. The van der Waals surface area contributed by atoms with E-state index in [0.29, 0.717) is 11.2 Å². The van der Waals surface area contributed by atoms with Gasteiger partial charge in [0.05, 0.1) is 0 Å². The average molecular weight is 242 g/mol. The molecule has 0 spiro atoms. The number of rotatable bonds is 4. The SMILES string of the molecule is OCCCC1CCCN1c1nccnc1Cl. The zero-order chi connectivity index (χ0) is 11.4. The molecule has 1 aliphatic rings. The molecule has 88 valence electrons. The fourth-order valence-electron chi connectivity index (χ4n) is 2.25. The van der Waals surface area contributed by atoms with Gasteiger partial charge in [-0.15, -0.1) is 0 Å². The number of anilines is 1. The molecule has 0 radical (unpaired) electrons. The maximum Gasteiger partial charge on any atom is 0.171 e. The second kappa shape index (κ2) is 5.46. The number of hydrogen-bond acceptors (Lipinski definition) is 4. The largest absolute Gasteiger partial charge is 0.396 e. The van der Waals surface area contributed by atoms with Crippen molar-refractivity contribution in [3.05, 3.63) is 17.5 Å². The third-order valence-electron chi connectivity index (χ3n) is 2.98. The second-order valence-electron chi connectivity index (χ2n) is 4.03. The van der Waals surface area contributed by atoms with Gasteiger partial charge in [0.1, 0.15) is 0 Å². The van der Waals surface area contributed by atoms with Gasteiger partial charge in [-0.25, -0.2) is 9.97 Å². The molecule has 1 N–H and O–H groups in total. The molecule has 1 unspecified atom stereocenters. The van der Waals surface area contributed by atoms with Gasteiger partial charge in [0, 0.05) is 31.6 Å². The monoisotopic (exact) mass is 241 g/mol. The molecule has 5 heteroatoms. The summed E-state index contributed by atoms with van der Waals surface area (Å²) >= 11 is 6.04. The minimum absolute atomic E-state index is 0.249. The van der Waals surface area contributed by atoms with Gasteiger partial charge in [-0.05, 0) is 25.7 Å². The van der Waals surface area contributed by atoms with Crippen LogP contribution >= 0.6 is 11.6 Å². The third kappa shape index (κ3) is 2.44. The number of aromatic nitrogens is 2. The Labute approximate surface area is 100 Å². The Bertz CT molecular complexity index is 348. The zero-order valence-corrected chi connectivity index (χ0v) is 9.90. The highest BCUT2D eigenvalue weighted by atomic mass is 35.5. The Balaban J connectivity index is 2.10. The van der Waals surface area contributed by atoms with Crippen LogP contribution < -0.4 is 4.90 Å². The topological polar surface area (TPSA) is 49.2 Å². The number of hydrogen-bond donors (Lipinski definition) is 1. The molecule has 1 atom stereocenters. The van der Waals surface area contributed by atoms with E-state index in [1.54, 1.807) is 12.4 Å². The first-order chi connectivity index (χ1) is 7.83. The third-order valence-corrected chi connectivity index (χ3v) is 3.25. The number of aliphatic hydroxyl groups excluding tert-OH is 1. The first kappa shape index (κ1) is 11.6. The lowest BCUT2D eigenvalue weighted by molar-refractivity contribution is 0.279. The molecular formula is C11H16ClN3O. The molecule has 1 fully saturated rings. The summed E-state index contributed by atoms with van der Waals surface area (Å²) in [5.74, 6) is 0.782. The van der Waals surface area contributed by atoms with E-state index >= 15 is 0 Å². The molecule has 0 bridgehead atoms. The van der Waals surface area contributed by atoms with Crippen LogP contribution in [0.15, 0.2) is 12.4 Å². The van der Waals surface area contributed by atoms with Crippen molar-refractivity contribution >= 4 is 17.4 Å². The van der Waals surface area contributed by atoms with E-state index in [2.05, 4.69) is 14.9 Å². The van der Waals surface area contributed by atoms with Crippen molar-refractivity contribution in [3.8, 4) is 0 Å². The predicted molar refractivity (Wildman–Crippen MR) is 63.7 cm³/mol. The molecular weight excluding hydrogens is 226 g/mol. The molecule has 2 rings (SSSR count). The summed E-state index contributed by atoms with van der Waals surface area (Å²) in [7, 11) is 0. The highest BCUT2D eigenvalue weighted by molar-refractivity contribution is 6.31. The summed E-state index contributed by atoms with van der Waals surface area (Å²) < 4.78 is 0. The minimum atomic E-state index is 0.249. The van der Waals surface area contributed by atoms with Crippen molar-refractivity contribution < 1.29 is 5.11 Å². The average Bonchev–Trinajstić information content (AvgIpc) is 2.75. The Morgan fingerprint density at radius 1 is 1.44 bits per heavy atom. The fourth-order valence-corrected chi connectivity index (χ4v) is 2.46. The van der Waals surface area contributed by atoms with Gasteiger partial charge < -0.3 is 10.0 Å². The van der Waals surface area contributed by atoms with E-state index in [0.717, 1.165) is 38.0 Å². The van der Waals surface area contributed by atoms with E-state index < -0.39 is 0 Å². The maximum atomic E-state index is 8.87. The second-order valence-corrected chi connectivity index (χ2v) is 4.38. The summed E-state index contributed by atoms with van der Waals surface area (Å²) in [5.41, 5.74) is 0. The van der Waals surface area contributed by atoms with Crippen molar-refractivity contribution in [3.63, 3.8) is 0 Å². The van der Waals surface area contributed by atoms with Gasteiger partial charge in [0.25, 0.3) is 0 Å². The molecule has 0 aliphatic carbocycles. The molecule has 1 aromatic rings. The molecule has 0 amide bonds. The van der Waals surface area contributed by atoms with Gasteiger partial charge in [0.15, 0.2) is 11.0 Å². The van der Waals surface area contributed by atoms with Crippen molar-refractivity contribution in [1.29, 1.82) is 0 Å². The first-order valence-electron chi connectivity index (χ1n) is 5.67.